The Labute approximate surface area is 111 Å². The summed E-state index contributed by atoms with van der Waals surface area (Å²) in [6, 6.07) is 0. The highest BCUT2D eigenvalue weighted by Gasteiger charge is 2.19. The molecule has 0 aliphatic heterocycles. The van der Waals surface area contributed by atoms with Crippen molar-refractivity contribution in [3.05, 3.63) is 0 Å². The zero-order valence-electron chi connectivity index (χ0n) is 10.9. The van der Waals surface area contributed by atoms with Gasteiger partial charge in [0.2, 0.25) is 5.91 Å². The van der Waals surface area contributed by atoms with Crippen LogP contribution < -0.4 is 11.1 Å². The summed E-state index contributed by atoms with van der Waals surface area (Å²) in [7, 11) is 0. The van der Waals surface area contributed by atoms with Crippen LogP contribution in [0, 0.1) is 11.8 Å². The lowest BCUT2D eigenvalue weighted by Crippen LogP contribution is -2.31. The highest BCUT2D eigenvalue weighted by molar-refractivity contribution is 5.85. The fourth-order valence-corrected chi connectivity index (χ4v) is 2.45. The van der Waals surface area contributed by atoms with Crippen LogP contribution in [0.1, 0.15) is 51.9 Å². The molecule has 17 heavy (non-hydrogen) atoms. The number of hydrogen-bond donors (Lipinski definition) is 2. The van der Waals surface area contributed by atoms with Crippen molar-refractivity contribution in [3.8, 4) is 0 Å². The van der Waals surface area contributed by atoms with E-state index in [1.807, 2.05) is 0 Å². The Hall–Kier alpha value is -0.280. The van der Waals surface area contributed by atoms with Crippen molar-refractivity contribution < 1.29 is 4.79 Å². The molecule has 0 bridgehead atoms. The molecule has 4 heteroatoms. The fourth-order valence-electron chi connectivity index (χ4n) is 2.45. The first-order valence-corrected chi connectivity index (χ1v) is 6.73. The van der Waals surface area contributed by atoms with E-state index in [1.165, 1.54) is 32.1 Å². The van der Waals surface area contributed by atoms with Crippen LogP contribution in [0.2, 0.25) is 0 Å². The van der Waals surface area contributed by atoms with E-state index >= 15 is 0 Å². The van der Waals surface area contributed by atoms with Gasteiger partial charge < -0.3 is 11.1 Å². The summed E-state index contributed by atoms with van der Waals surface area (Å²) in [6.07, 6.45) is 7.97. The summed E-state index contributed by atoms with van der Waals surface area (Å²) in [5, 5.41) is 3.03. The summed E-state index contributed by atoms with van der Waals surface area (Å²) >= 11 is 0. The first-order valence-electron chi connectivity index (χ1n) is 6.73. The number of halogens is 1. The van der Waals surface area contributed by atoms with Crippen molar-refractivity contribution in [2.45, 2.75) is 51.9 Å². The van der Waals surface area contributed by atoms with E-state index in [0.717, 1.165) is 18.9 Å². The molecule has 1 saturated carbocycles. The van der Waals surface area contributed by atoms with E-state index < -0.39 is 0 Å². The Bertz CT molecular complexity index is 204. The minimum absolute atomic E-state index is 0. The third-order valence-electron chi connectivity index (χ3n) is 3.74. The number of nitrogens with one attached hydrogen (secondary N) is 1. The molecule has 1 amide bonds. The van der Waals surface area contributed by atoms with Gasteiger partial charge in [0, 0.05) is 13.0 Å². The van der Waals surface area contributed by atoms with Crippen molar-refractivity contribution in [3.63, 3.8) is 0 Å². The second-order valence-electron chi connectivity index (χ2n) is 4.99. The zero-order valence-corrected chi connectivity index (χ0v) is 11.7. The van der Waals surface area contributed by atoms with Crippen LogP contribution in [-0.4, -0.2) is 19.0 Å². The molecule has 0 aromatic rings. The fraction of sp³-hybridized carbons (Fsp3) is 0.923. The molecular formula is C13H27ClN2O. The standard InChI is InChI=1S/C13H26N2O.ClH/c1-2-11-5-7-12(8-6-11)10-15-13(16)4-3-9-14;/h11-12H,2-10,14H2,1H3,(H,15,16);1H. The maximum Gasteiger partial charge on any atom is 0.220 e. The summed E-state index contributed by atoms with van der Waals surface area (Å²) in [4.78, 5) is 11.4. The Kier molecular flexibility index (Phi) is 9.56. The van der Waals surface area contributed by atoms with E-state index in [1.54, 1.807) is 0 Å². The second-order valence-corrected chi connectivity index (χ2v) is 4.99. The molecule has 0 atom stereocenters. The summed E-state index contributed by atoms with van der Waals surface area (Å²) < 4.78 is 0. The normalized spacial score (nSPS) is 23.9. The highest BCUT2D eigenvalue weighted by atomic mass is 35.5. The van der Waals surface area contributed by atoms with E-state index in [9.17, 15) is 4.79 Å². The molecule has 0 aromatic heterocycles. The van der Waals surface area contributed by atoms with Crippen molar-refractivity contribution in [2.24, 2.45) is 17.6 Å². The van der Waals surface area contributed by atoms with Crippen molar-refractivity contribution in [1.82, 2.24) is 5.32 Å². The third kappa shape index (κ3) is 6.89. The molecule has 0 spiro atoms. The second kappa shape index (κ2) is 9.72. The van der Waals surface area contributed by atoms with Gasteiger partial charge in [0.1, 0.15) is 0 Å². The van der Waals surface area contributed by atoms with Gasteiger partial charge in [-0.25, -0.2) is 0 Å². The molecule has 0 heterocycles. The van der Waals surface area contributed by atoms with Crippen LogP contribution in [0.5, 0.6) is 0 Å². The quantitative estimate of drug-likeness (QED) is 0.773. The van der Waals surface area contributed by atoms with Gasteiger partial charge in [-0.2, -0.15) is 0 Å². The summed E-state index contributed by atoms with van der Waals surface area (Å²) in [5.74, 6) is 1.82. The Balaban J connectivity index is 0.00000256. The lowest BCUT2D eigenvalue weighted by atomic mass is 9.81. The van der Waals surface area contributed by atoms with Crippen LogP contribution in [0.25, 0.3) is 0 Å². The zero-order chi connectivity index (χ0) is 11.8. The lowest BCUT2D eigenvalue weighted by molar-refractivity contribution is -0.121. The van der Waals surface area contributed by atoms with Crippen LogP contribution >= 0.6 is 12.4 Å². The highest BCUT2D eigenvalue weighted by Crippen LogP contribution is 2.29. The van der Waals surface area contributed by atoms with Gasteiger partial charge in [-0.3, -0.25) is 4.79 Å². The molecule has 3 nitrogen and oxygen atoms in total. The summed E-state index contributed by atoms with van der Waals surface area (Å²) in [6.45, 7) is 3.76. The average Bonchev–Trinajstić information content (AvgIpc) is 2.34. The minimum atomic E-state index is 0. The Morgan fingerprint density at radius 3 is 2.35 bits per heavy atom. The molecule has 0 radical (unpaired) electrons. The maximum absolute atomic E-state index is 11.4. The van der Waals surface area contributed by atoms with Crippen LogP contribution in [0.15, 0.2) is 0 Å². The number of hydrogen-bond acceptors (Lipinski definition) is 2. The topological polar surface area (TPSA) is 55.1 Å². The molecule has 1 aliphatic rings. The van der Waals surface area contributed by atoms with Crippen molar-refractivity contribution >= 4 is 18.3 Å². The molecule has 102 valence electrons. The predicted octanol–water partition coefficient (Wildman–Crippen LogP) is 2.48. The predicted molar refractivity (Wildman–Crippen MR) is 74.3 cm³/mol. The van der Waals surface area contributed by atoms with E-state index in [0.29, 0.717) is 18.9 Å². The lowest BCUT2D eigenvalue weighted by Gasteiger charge is -2.27. The monoisotopic (exact) mass is 262 g/mol. The smallest absolute Gasteiger partial charge is 0.220 e. The third-order valence-corrected chi connectivity index (χ3v) is 3.74. The van der Waals surface area contributed by atoms with Gasteiger partial charge in [-0.15, -0.1) is 12.4 Å². The first-order chi connectivity index (χ1) is 7.76. The number of carbonyl (C=O) groups excluding carboxylic acids is 1. The van der Waals surface area contributed by atoms with Gasteiger partial charge in [-0.1, -0.05) is 26.2 Å². The van der Waals surface area contributed by atoms with Crippen molar-refractivity contribution in [2.75, 3.05) is 13.1 Å². The minimum Gasteiger partial charge on any atom is -0.356 e. The van der Waals surface area contributed by atoms with E-state index in [-0.39, 0.29) is 18.3 Å². The van der Waals surface area contributed by atoms with Crippen molar-refractivity contribution in [1.29, 1.82) is 0 Å². The first kappa shape index (κ1) is 16.7. The number of carbonyl (C=O) groups is 1. The molecule has 1 rings (SSSR count). The molecule has 1 aliphatic carbocycles. The van der Waals surface area contributed by atoms with Crippen LogP contribution in [-0.2, 0) is 4.79 Å². The SMILES string of the molecule is CCC1CCC(CNC(=O)CCCN)CC1.Cl. The summed E-state index contributed by atoms with van der Waals surface area (Å²) in [5.41, 5.74) is 5.37. The number of rotatable bonds is 6. The van der Waals surface area contributed by atoms with Crippen LogP contribution in [0.3, 0.4) is 0 Å². The molecule has 0 saturated heterocycles. The largest absolute Gasteiger partial charge is 0.356 e. The molecule has 3 N–H and O–H groups in total. The maximum atomic E-state index is 11.4. The molecule has 1 fully saturated rings. The van der Waals surface area contributed by atoms with Gasteiger partial charge in [-0.05, 0) is 37.6 Å². The van der Waals surface area contributed by atoms with Gasteiger partial charge in [0.15, 0.2) is 0 Å². The van der Waals surface area contributed by atoms with Gasteiger partial charge in [0.05, 0.1) is 0 Å². The van der Waals surface area contributed by atoms with Gasteiger partial charge in [0.25, 0.3) is 0 Å². The van der Waals surface area contributed by atoms with E-state index in [2.05, 4.69) is 12.2 Å². The van der Waals surface area contributed by atoms with E-state index in [4.69, 9.17) is 5.73 Å². The number of amides is 1. The number of nitrogens with two attached hydrogens (primary N) is 1. The van der Waals surface area contributed by atoms with Gasteiger partial charge >= 0.3 is 0 Å². The molecule has 0 aromatic carbocycles. The Morgan fingerprint density at radius 2 is 1.82 bits per heavy atom. The average molecular weight is 263 g/mol. The molecular weight excluding hydrogens is 236 g/mol. The van der Waals surface area contributed by atoms with Crippen LogP contribution in [0.4, 0.5) is 0 Å². The molecule has 0 unspecified atom stereocenters. The Morgan fingerprint density at radius 1 is 1.24 bits per heavy atom.